The van der Waals surface area contributed by atoms with Gasteiger partial charge in [-0.25, -0.2) is 0 Å². The summed E-state index contributed by atoms with van der Waals surface area (Å²) in [4.78, 5) is 28.2. The van der Waals surface area contributed by atoms with Crippen LogP contribution in [0.1, 0.15) is 57.4 Å². The fourth-order valence-corrected chi connectivity index (χ4v) is 4.49. The molecule has 0 aromatic heterocycles. The van der Waals surface area contributed by atoms with Crippen LogP contribution in [0.15, 0.2) is 54.6 Å². The monoisotopic (exact) mass is 466 g/mol. The zero-order valence-electron chi connectivity index (χ0n) is 20.5. The van der Waals surface area contributed by atoms with Crippen molar-refractivity contribution in [1.29, 1.82) is 0 Å². The Balaban J connectivity index is 1.58. The molecule has 1 N–H and O–H groups in total. The molecule has 0 heterocycles. The van der Waals surface area contributed by atoms with Gasteiger partial charge in [0.2, 0.25) is 11.8 Å². The third-order valence-corrected chi connectivity index (χ3v) is 6.43. The molecule has 0 saturated heterocycles. The van der Waals surface area contributed by atoms with Gasteiger partial charge in [0.1, 0.15) is 17.5 Å². The molecule has 1 fully saturated rings. The number of ether oxygens (including phenoxy) is 2. The maximum absolute atomic E-state index is 13.3. The highest BCUT2D eigenvalue weighted by Gasteiger charge is 2.30. The van der Waals surface area contributed by atoms with Crippen LogP contribution in [0.5, 0.6) is 11.5 Å². The Hall–Kier alpha value is -3.02. The molecule has 6 nitrogen and oxygen atoms in total. The van der Waals surface area contributed by atoms with Crippen LogP contribution in [0.2, 0.25) is 0 Å². The lowest BCUT2D eigenvalue weighted by atomic mass is 10.1. The first kappa shape index (κ1) is 25.6. The number of amides is 2. The summed E-state index contributed by atoms with van der Waals surface area (Å²) in [6.07, 6.45) is 6.64. The number of nitrogens with one attached hydrogen (secondary N) is 1. The van der Waals surface area contributed by atoms with E-state index in [1.807, 2.05) is 49.4 Å². The molecular weight excluding hydrogens is 428 g/mol. The van der Waals surface area contributed by atoms with E-state index in [2.05, 4.69) is 17.4 Å². The summed E-state index contributed by atoms with van der Waals surface area (Å²) >= 11 is 0. The molecule has 1 aliphatic rings. The van der Waals surface area contributed by atoms with E-state index in [4.69, 9.17) is 9.47 Å². The second kappa shape index (κ2) is 13.6. The average Bonchev–Trinajstić information content (AvgIpc) is 3.38. The van der Waals surface area contributed by atoms with Crippen LogP contribution in [0.3, 0.4) is 0 Å². The zero-order chi connectivity index (χ0) is 24.2. The Morgan fingerprint density at radius 1 is 1.03 bits per heavy atom. The highest BCUT2D eigenvalue weighted by atomic mass is 16.5. The summed E-state index contributed by atoms with van der Waals surface area (Å²) in [5.74, 6) is 1.50. The number of rotatable bonds is 13. The molecule has 0 unspecified atom stereocenters. The number of carbonyl (C=O) groups is 2. The predicted octanol–water partition coefficient (Wildman–Crippen LogP) is 4.76. The topological polar surface area (TPSA) is 67.9 Å². The van der Waals surface area contributed by atoms with Crippen molar-refractivity contribution in [3.8, 4) is 11.5 Å². The van der Waals surface area contributed by atoms with Crippen molar-refractivity contribution >= 4 is 11.8 Å². The fraction of sp³-hybridized carbons (Fsp3) is 0.500. The van der Waals surface area contributed by atoms with Crippen molar-refractivity contribution in [3.63, 3.8) is 0 Å². The Morgan fingerprint density at radius 2 is 1.71 bits per heavy atom. The van der Waals surface area contributed by atoms with E-state index < -0.39 is 6.04 Å². The van der Waals surface area contributed by atoms with Crippen LogP contribution in [0.25, 0.3) is 0 Å². The predicted molar refractivity (Wildman–Crippen MR) is 134 cm³/mol. The van der Waals surface area contributed by atoms with Crippen LogP contribution in [0.4, 0.5) is 0 Å². The molecule has 0 spiro atoms. The molecule has 0 bridgehead atoms. The van der Waals surface area contributed by atoms with Gasteiger partial charge in [-0.3, -0.25) is 9.59 Å². The molecule has 184 valence electrons. The molecule has 6 heteroatoms. The lowest BCUT2D eigenvalue weighted by molar-refractivity contribution is -0.141. The van der Waals surface area contributed by atoms with E-state index in [0.29, 0.717) is 32.4 Å². The van der Waals surface area contributed by atoms with E-state index in [1.54, 1.807) is 12.0 Å². The van der Waals surface area contributed by atoms with Crippen molar-refractivity contribution in [1.82, 2.24) is 10.2 Å². The minimum absolute atomic E-state index is 0.00249. The van der Waals surface area contributed by atoms with Crippen molar-refractivity contribution in [2.24, 2.45) is 0 Å². The number of hydrogen-bond donors (Lipinski definition) is 1. The second-order valence-electron chi connectivity index (χ2n) is 8.86. The van der Waals surface area contributed by atoms with Crippen LogP contribution in [0, 0.1) is 0 Å². The number of methoxy groups -OCH3 is 1. The van der Waals surface area contributed by atoms with Gasteiger partial charge in [-0.1, -0.05) is 50.1 Å². The third-order valence-electron chi connectivity index (χ3n) is 6.43. The summed E-state index contributed by atoms with van der Waals surface area (Å²) in [5.41, 5.74) is 1.16. The van der Waals surface area contributed by atoms with Gasteiger partial charge in [-0.2, -0.15) is 0 Å². The number of carbonyl (C=O) groups excluding carboxylic acids is 2. The number of benzene rings is 2. The third kappa shape index (κ3) is 7.79. The smallest absolute Gasteiger partial charge is 0.243 e. The van der Waals surface area contributed by atoms with Gasteiger partial charge >= 0.3 is 0 Å². The number of nitrogens with zero attached hydrogens (tertiary/aromatic N) is 1. The molecule has 2 amide bonds. The number of hydrogen-bond acceptors (Lipinski definition) is 4. The Kier molecular flexibility index (Phi) is 10.3. The zero-order valence-corrected chi connectivity index (χ0v) is 20.5. The molecule has 3 rings (SSSR count). The molecule has 1 aliphatic carbocycles. The van der Waals surface area contributed by atoms with Gasteiger partial charge in [-0.05, 0) is 61.9 Å². The molecular formula is C28H38N2O4. The minimum Gasteiger partial charge on any atom is -0.497 e. The largest absolute Gasteiger partial charge is 0.497 e. The quantitative estimate of drug-likeness (QED) is 0.432. The van der Waals surface area contributed by atoms with Gasteiger partial charge in [0.15, 0.2) is 0 Å². The van der Waals surface area contributed by atoms with E-state index in [1.165, 1.54) is 0 Å². The van der Waals surface area contributed by atoms with E-state index in [0.717, 1.165) is 49.2 Å². The summed E-state index contributed by atoms with van der Waals surface area (Å²) in [6.45, 7) is 2.95. The Bertz CT molecular complexity index is 879. The van der Waals surface area contributed by atoms with Gasteiger partial charge in [0, 0.05) is 19.0 Å². The van der Waals surface area contributed by atoms with Crippen LogP contribution in [-0.4, -0.2) is 49.1 Å². The van der Waals surface area contributed by atoms with Crippen LogP contribution in [-0.2, 0) is 16.0 Å². The SMILES string of the molecule is CC[C@H](C(=O)NC1CCCC1)N(CCc1ccccc1)C(=O)CCCOc1ccc(OC)cc1. The Labute approximate surface area is 203 Å². The van der Waals surface area contributed by atoms with E-state index in [-0.39, 0.29) is 17.9 Å². The summed E-state index contributed by atoms with van der Waals surface area (Å²) in [6, 6.07) is 17.3. The van der Waals surface area contributed by atoms with Crippen molar-refractivity contribution in [3.05, 3.63) is 60.2 Å². The first-order valence-electron chi connectivity index (χ1n) is 12.5. The first-order chi connectivity index (χ1) is 16.6. The van der Waals surface area contributed by atoms with Gasteiger partial charge in [0.25, 0.3) is 0 Å². The molecule has 2 aromatic rings. The van der Waals surface area contributed by atoms with Crippen LogP contribution < -0.4 is 14.8 Å². The van der Waals surface area contributed by atoms with Crippen molar-refractivity contribution in [2.75, 3.05) is 20.3 Å². The molecule has 2 aromatic carbocycles. The molecule has 1 atom stereocenters. The minimum atomic E-state index is -0.445. The highest BCUT2D eigenvalue weighted by molar-refractivity contribution is 5.87. The first-order valence-corrected chi connectivity index (χ1v) is 12.5. The summed E-state index contributed by atoms with van der Waals surface area (Å²) in [5, 5.41) is 3.19. The maximum atomic E-state index is 13.3. The van der Waals surface area contributed by atoms with Gasteiger partial charge in [0.05, 0.1) is 13.7 Å². The lowest BCUT2D eigenvalue weighted by Gasteiger charge is -2.31. The summed E-state index contributed by atoms with van der Waals surface area (Å²) < 4.78 is 10.9. The van der Waals surface area contributed by atoms with Crippen molar-refractivity contribution < 1.29 is 19.1 Å². The average molecular weight is 467 g/mol. The van der Waals surface area contributed by atoms with Gasteiger partial charge < -0.3 is 19.7 Å². The molecule has 0 aliphatic heterocycles. The standard InChI is InChI=1S/C28H38N2O4/c1-3-26(28(32)29-23-12-7-8-13-23)30(20-19-22-10-5-4-6-11-22)27(31)14-9-21-34-25-17-15-24(33-2)16-18-25/h4-6,10-11,15-18,23,26H,3,7-9,12-14,19-21H2,1-2H3,(H,29,32)/t26-/m1/s1. The second-order valence-corrected chi connectivity index (χ2v) is 8.86. The van der Waals surface area contributed by atoms with Gasteiger partial charge in [-0.15, -0.1) is 0 Å². The lowest BCUT2D eigenvalue weighted by Crippen LogP contribution is -2.51. The molecule has 0 radical (unpaired) electrons. The van der Waals surface area contributed by atoms with Crippen molar-refractivity contribution in [2.45, 2.75) is 70.4 Å². The maximum Gasteiger partial charge on any atom is 0.243 e. The summed E-state index contributed by atoms with van der Waals surface area (Å²) in [7, 11) is 1.63. The Morgan fingerprint density at radius 3 is 2.35 bits per heavy atom. The van der Waals surface area contributed by atoms with Crippen LogP contribution >= 0.6 is 0 Å². The highest BCUT2D eigenvalue weighted by Crippen LogP contribution is 2.20. The molecule has 1 saturated carbocycles. The fourth-order valence-electron chi connectivity index (χ4n) is 4.49. The normalized spacial score (nSPS) is 14.4. The molecule has 34 heavy (non-hydrogen) atoms. The van der Waals surface area contributed by atoms with E-state index in [9.17, 15) is 9.59 Å². The van der Waals surface area contributed by atoms with E-state index >= 15 is 0 Å².